The Morgan fingerprint density at radius 2 is 1.89 bits per heavy atom. The van der Waals surface area contributed by atoms with Crippen LogP contribution >= 0.6 is 11.6 Å². The van der Waals surface area contributed by atoms with Gasteiger partial charge in [-0.15, -0.1) is 0 Å². The Kier molecular flexibility index (Phi) is 8.17. The summed E-state index contributed by atoms with van der Waals surface area (Å²) in [7, 11) is -3.54. The van der Waals surface area contributed by atoms with E-state index in [0.29, 0.717) is 21.9 Å². The second-order valence-corrected chi connectivity index (χ2v) is 11.6. The van der Waals surface area contributed by atoms with Crippen LogP contribution in [0.25, 0.3) is 10.9 Å². The third-order valence-electron chi connectivity index (χ3n) is 5.67. The van der Waals surface area contributed by atoms with Crippen LogP contribution in [0.4, 0.5) is 11.8 Å². The molecule has 0 bridgehead atoms. The van der Waals surface area contributed by atoms with Gasteiger partial charge in [-0.1, -0.05) is 31.5 Å². The number of pyridine rings is 2. The highest BCUT2D eigenvalue weighted by atomic mass is 35.5. The van der Waals surface area contributed by atoms with E-state index >= 15 is 0 Å². The van der Waals surface area contributed by atoms with E-state index in [2.05, 4.69) is 25.3 Å². The van der Waals surface area contributed by atoms with Gasteiger partial charge in [-0.3, -0.25) is 14.1 Å². The lowest BCUT2D eigenvalue weighted by atomic mass is 10.1. The van der Waals surface area contributed by atoms with Gasteiger partial charge in [-0.25, -0.2) is 13.4 Å². The number of fused-ring (bicyclic) bond motifs is 1. The summed E-state index contributed by atoms with van der Waals surface area (Å²) in [5.41, 5.74) is 1.46. The number of nitrogens with zero attached hydrogens (tertiary/aromatic N) is 4. The van der Waals surface area contributed by atoms with Gasteiger partial charge in [0.05, 0.1) is 28.5 Å². The second-order valence-electron chi connectivity index (χ2n) is 9.33. The zero-order valence-electron chi connectivity index (χ0n) is 21.5. The first-order chi connectivity index (χ1) is 18.0. The number of benzene rings is 1. The van der Waals surface area contributed by atoms with Gasteiger partial charge in [0.1, 0.15) is 18.2 Å². The summed E-state index contributed by atoms with van der Waals surface area (Å²) in [4.78, 5) is 28.7. The summed E-state index contributed by atoms with van der Waals surface area (Å²) in [5.74, 6) is 0.979. The van der Waals surface area contributed by atoms with Crippen molar-refractivity contribution in [2.45, 2.75) is 33.4 Å². The minimum Gasteiger partial charge on any atom is -0.486 e. The van der Waals surface area contributed by atoms with E-state index in [-0.39, 0.29) is 36.4 Å². The summed E-state index contributed by atoms with van der Waals surface area (Å²) in [6.45, 7) is 6.16. The monoisotopic (exact) mass is 556 g/mol. The van der Waals surface area contributed by atoms with E-state index in [0.717, 1.165) is 17.3 Å². The molecule has 38 heavy (non-hydrogen) atoms. The third kappa shape index (κ3) is 6.59. The molecule has 0 aliphatic rings. The number of ether oxygens (including phenoxy) is 1. The molecule has 1 aromatic carbocycles. The fourth-order valence-corrected chi connectivity index (χ4v) is 5.09. The maximum Gasteiger partial charge on any atom is 0.253 e. The Balaban J connectivity index is 1.57. The summed E-state index contributed by atoms with van der Waals surface area (Å²) >= 11 is 6.46. The zero-order chi connectivity index (χ0) is 27.4. The first-order valence-corrected chi connectivity index (χ1v) is 14.2. The molecule has 0 amide bonds. The lowest BCUT2D eigenvalue weighted by Crippen LogP contribution is -2.34. The SMILES string of the molecule is CC(C)CN(c1ccnc(N[C@@H](C)c2cc3cc(Cl)c(OCc4ccccn4)cc3[nH]c2=O)n1)S(C)(=O)=O. The molecular formula is C26H29ClN6O4S. The molecule has 0 spiro atoms. The number of halogens is 1. The topological polar surface area (TPSA) is 130 Å². The lowest BCUT2D eigenvalue weighted by Gasteiger charge is -2.23. The first kappa shape index (κ1) is 27.3. The van der Waals surface area contributed by atoms with Crippen LogP contribution in [0.2, 0.25) is 5.02 Å². The van der Waals surface area contributed by atoms with Crippen molar-refractivity contribution in [1.29, 1.82) is 0 Å². The molecule has 4 aromatic rings. The Bertz CT molecular complexity index is 1590. The fourth-order valence-electron chi connectivity index (χ4n) is 3.85. The van der Waals surface area contributed by atoms with Gasteiger partial charge >= 0.3 is 0 Å². The fraction of sp³-hybridized carbons (Fsp3) is 0.308. The molecule has 2 N–H and O–H groups in total. The van der Waals surface area contributed by atoms with Gasteiger partial charge in [0.25, 0.3) is 5.56 Å². The minimum atomic E-state index is -3.54. The molecular weight excluding hydrogens is 528 g/mol. The number of aromatic nitrogens is 4. The van der Waals surface area contributed by atoms with Gasteiger partial charge in [0.2, 0.25) is 16.0 Å². The van der Waals surface area contributed by atoms with Gasteiger partial charge in [0, 0.05) is 42.0 Å². The van der Waals surface area contributed by atoms with Crippen molar-refractivity contribution in [1.82, 2.24) is 19.9 Å². The standard InChI is InChI=1S/C26H29ClN6O4S/c1-16(2)14-33(38(4,35)36)24-8-10-29-26(32-24)30-17(3)20-11-18-12-21(27)23(13-22(18)31-25(20)34)37-15-19-7-5-6-9-28-19/h5-13,16-17H,14-15H2,1-4H3,(H,31,34)(H,29,30,32)/t17-/m0/s1. The predicted octanol–water partition coefficient (Wildman–Crippen LogP) is 4.54. The molecule has 0 radical (unpaired) electrons. The number of rotatable bonds is 10. The second kappa shape index (κ2) is 11.4. The smallest absolute Gasteiger partial charge is 0.253 e. The first-order valence-electron chi connectivity index (χ1n) is 12.0. The molecule has 3 heterocycles. The molecule has 1 atom stereocenters. The summed E-state index contributed by atoms with van der Waals surface area (Å²) in [5, 5.41) is 4.22. The van der Waals surface area contributed by atoms with Crippen LogP contribution in [-0.2, 0) is 16.6 Å². The van der Waals surface area contributed by atoms with Crippen molar-refractivity contribution in [3.63, 3.8) is 0 Å². The Morgan fingerprint density at radius 1 is 1.11 bits per heavy atom. The van der Waals surface area contributed by atoms with Crippen LogP contribution in [0.3, 0.4) is 0 Å². The highest BCUT2D eigenvalue weighted by molar-refractivity contribution is 7.92. The highest BCUT2D eigenvalue weighted by Gasteiger charge is 2.21. The number of aromatic amines is 1. The summed E-state index contributed by atoms with van der Waals surface area (Å²) in [6, 6.07) is 11.7. The summed E-state index contributed by atoms with van der Waals surface area (Å²) in [6.07, 6.45) is 4.30. The Labute approximate surface area is 226 Å². The molecule has 0 fully saturated rings. The lowest BCUT2D eigenvalue weighted by molar-refractivity contribution is 0.302. The maximum absolute atomic E-state index is 13.0. The zero-order valence-corrected chi connectivity index (χ0v) is 23.0. The van der Waals surface area contributed by atoms with Crippen molar-refractivity contribution >= 4 is 44.3 Å². The molecule has 12 heteroatoms. The third-order valence-corrected chi connectivity index (χ3v) is 7.10. The van der Waals surface area contributed by atoms with E-state index in [4.69, 9.17) is 16.3 Å². The Hall–Kier alpha value is -3.70. The van der Waals surface area contributed by atoms with Crippen LogP contribution in [0.15, 0.2) is 59.7 Å². The number of anilines is 2. The summed E-state index contributed by atoms with van der Waals surface area (Å²) < 4.78 is 31.7. The predicted molar refractivity (Wildman–Crippen MR) is 149 cm³/mol. The van der Waals surface area contributed by atoms with E-state index in [1.807, 2.05) is 32.0 Å². The number of hydrogen-bond acceptors (Lipinski definition) is 8. The molecule has 0 aliphatic heterocycles. The Morgan fingerprint density at radius 3 is 2.58 bits per heavy atom. The van der Waals surface area contributed by atoms with Crippen molar-refractivity contribution < 1.29 is 13.2 Å². The van der Waals surface area contributed by atoms with E-state index in [1.54, 1.807) is 31.3 Å². The number of hydrogen-bond donors (Lipinski definition) is 2. The van der Waals surface area contributed by atoms with E-state index < -0.39 is 16.1 Å². The largest absolute Gasteiger partial charge is 0.486 e. The van der Waals surface area contributed by atoms with Crippen LogP contribution in [-0.4, -0.2) is 41.2 Å². The molecule has 3 aromatic heterocycles. The maximum atomic E-state index is 13.0. The van der Waals surface area contributed by atoms with Crippen LogP contribution in [0, 0.1) is 5.92 Å². The highest BCUT2D eigenvalue weighted by Crippen LogP contribution is 2.30. The van der Waals surface area contributed by atoms with Crippen molar-refractivity contribution in [2.24, 2.45) is 5.92 Å². The van der Waals surface area contributed by atoms with E-state index in [9.17, 15) is 13.2 Å². The molecule has 0 aliphatic carbocycles. The average Bonchev–Trinajstić information content (AvgIpc) is 2.86. The molecule has 0 saturated heterocycles. The van der Waals surface area contributed by atoms with Crippen LogP contribution in [0.5, 0.6) is 5.75 Å². The van der Waals surface area contributed by atoms with Gasteiger partial charge < -0.3 is 15.0 Å². The average molecular weight is 557 g/mol. The molecule has 0 unspecified atom stereocenters. The van der Waals surface area contributed by atoms with Gasteiger partial charge in [-0.2, -0.15) is 4.98 Å². The van der Waals surface area contributed by atoms with Crippen molar-refractivity contribution in [3.8, 4) is 5.75 Å². The van der Waals surface area contributed by atoms with Crippen molar-refractivity contribution in [2.75, 3.05) is 22.4 Å². The van der Waals surface area contributed by atoms with Crippen molar-refractivity contribution in [3.05, 3.63) is 81.5 Å². The number of sulfonamides is 1. The van der Waals surface area contributed by atoms with Crippen LogP contribution < -0.4 is 19.9 Å². The minimum absolute atomic E-state index is 0.0962. The molecule has 10 nitrogen and oxygen atoms in total. The normalized spacial score (nSPS) is 12.5. The molecule has 200 valence electrons. The van der Waals surface area contributed by atoms with E-state index in [1.165, 1.54) is 16.6 Å². The van der Waals surface area contributed by atoms with Crippen LogP contribution in [0.1, 0.15) is 38.1 Å². The quantitative estimate of drug-likeness (QED) is 0.291. The van der Waals surface area contributed by atoms with Gasteiger partial charge in [0.15, 0.2) is 0 Å². The molecule has 4 rings (SSSR count). The number of nitrogens with one attached hydrogen (secondary N) is 2. The number of H-pyrrole nitrogens is 1. The van der Waals surface area contributed by atoms with Gasteiger partial charge in [-0.05, 0) is 37.1 Å². The molecule has 0 saturated carbocycles.